The van der Waals surface area contributed by atoms with Gasteiger partial charge in [-0.05, 0) is 309 Å². The van der Waals surface area contributed by atoms with E-state index < -0.39 is 5.41 Å². The van der Waals surface area contributed by atoms with E-state index >= 15 is 0 Å². The number of anilines is 6. The number of para-hydroxylation sites is 2. The Balaban J connectivity index is 0.440. The molecule has 0 N–H and O–H groups in total. The largest absolute Gasteiger partial charge is 0.494 e. The van der Waals surface area contributed by atoms with Gasteiger partial charge in [-0.3, -0.25) is 0 Å². The van der Waals surface area contributed by atoms with E-state index in [1.54, 1.807) is 0 Å². The number of aromatic nitrogens is 2. The highest BCUT2D eigenvalue weighted by Gasteiger charge is 2.47. The van der Waals surface area contributed by atoms with Gasteiger partial charge < -0.3 is 37.9 Å². The van der Waals surface area contributed by atoms with Crippen molar-refractivity contribution in [2.24, 2.45) is 0 Å². The summed E-state index contributed by atoms with van der Waals surface area (Å²) < 4.78 is 31.5. The lowest BCUT2D eigenvalue weighted by atomic mass is 9.70. The zero-order chi connectivity index (χ0) is 98.5. The van der Waals surface area contributed by atoms with E-state index in [0.717, 1.165) is 125 Å². The van der Waals surface area contributed by atoms with Crippen LogP contribution in [0.4, 0.5) is 34.1 Å². The third-order valence-corrected chi connectivity index (χ3v) is 32.9. The van der Waals surface area contributed by atoms with E-state index in [2.05, 4.69) is 487 Å². The molecule has 5 aliphatic rings. The molecule has 21 aromatic rings. The first-order chi connectivity index (χ1) is 71.4. The topological polar surface area (TPSA) is 53.3 Å². The van der Waals surface area contributed by atoms with Gasteiger partial charge in [-0.15, -0.1) is 0 Å². The first-order valence-electron chi connectivity index (χ1n) is 51.4. The number of hydrogen-bond acceptors (Lipinski definition) is 6. The Labute approximate surface area is 854 Å². The molecule has 5 aliphatic carbocycles. The number of benzene rings is 19. The monoisotopic (exact) mass is 1890 g/mol. The van der Waals surface area contributed by atoms with Crippen molar-refractivity contribution >= 4 is 89.9 Å². The Morgan fingerprint density at radius 2 is 0.562 bits per heavy atom. The van der Waals surface area contributed by atoms with E-state index in [9.17, 15) is 0 Å². The highest BCUT2D eigenvalue weighted by Crippen LogP contribution is 2.60. The van der Waals surface area contributed by atoms with Crippen molar-refractivity contribution in [1.29, 1.82) is 0 Å². The van der Waals surface area contributed by atoms with Crippen molar-refractivity contribution in [3.63, 3.8) is 0 Å². The van der Waals surface area contributed by atoms with Crippen LogP contribution < -0.4 is 19.3 Å². The normalized spacial score (nSPS) is 15.6. The minimum Gasteiger partial charge on any atom is -0.494 e. The molecule has 2 aromatic heterocycles. The summed E-state index contributed by atoms with van der Waals surface area (Å²) in [5.41, 5.74) is 45.7. The molecule has 2 atom stereocenters. The predicted molar refractivity (Wildman–Crippen MR) is 604 cm³/mol. The summed E-state index contributed by atoms with van der Waals surface area (Å²) in [6.07, 6.45) is 5.26. The molecule has 2 unspecified atom stereocenters. The third-order valence-electron chi connectivity index (χ3n) is 32.9. The molecule has 26 rings (SSSR count). The second kappa shape index (κ2) is 35.2. The Kier molecular flexibility index (Phi) is 21.6. The molecule has 8 heteroatoms. The van der Waals surface area contributed by atoms with Gasteiger partial charge in [0.05, 0.1) is 61.7 Å². The van der Waals surface area contributed by atoms with Crippen LogP contribution in [0.1, 0.15) is 156 Å². The molecule has 0 fully saturated rings. The first-order valence-corrected chi connectivity index (χ1v) is 51.4. The van der Waals surface area contributed by atoms with E-state index in [1.165, 1.54) is 138 Å². The van der Waals surface area contributed by atoms with E-state index in [4.69, 9.17) is 18.9 Å². The summed E-state index contributed by atoms with van der Waals surface area (Å²) >= 11 is 0. The van der Waals surface area contributed by atoms with Gasteiger partial charge in [0.15, 0.2) is 0 Å². The fourth-order valence-electron chi connectivity index (χ4n) is 25.4. The molecular weight excluding hydrogens is 1780 g/mol. The summed E-state index contributed by atoms with van der Waals surface area (Å²) in [4.78, 5) is 5.00. The van der Waals surface area contributed by atoms with Crippen molar-refractivity contribution in [3.05, 3.63) is 526 Å². The van der Waals surface area contributed by atoms with Crippen molar-refractivity contribution in [1.82, 2.24) is 9.13 Å². The summed E-state index contributed by atoms with van der Waals surface area (Å²) in [5.74, 6) is 1.70. The fraction of sp³-hybridized carbons (Fsp3) is 0.145. The number of nitrogens with zero attached hydrogens (tertiary/aromatic N) is 4. The Morgan fingerprint density at radius 1 is 0.247 bits per heavy atom. The average Bonchev–Trinajstić information content (AvgIpc) is 1.54. The van der Waals surface area contributed by atoms with Crippen LogP contribution in [0.3, 0.4) is 0 Å². The van der Waals surface area contributed by atoms with Gasteiger partial charge >= 0.3 is 0 Å². The molecule has 19 aromatic carbocycles. The van der Waals surface area contributed by atoms with Crippen LogP contribution in [0.5, 0.6) is 11.5 Å². The molecule has 8 nitrogen and oxygen atoms in total. The van der Waals surface area contributed by atoms with E-state index in [-0.39, 0.29) is 21.7 Å². The quantitative estimate of drug-likeness (QED) is 0.0511. The minimum atomic E-state index is -0.526. The Hall–Kier alpha value is -16.6. The minimum absolute atomic E-state index is 0.194. The highest BCUT2D eigenvalue weighted by atomic mass is 16.5. The number of ether oxygens (including phenoxy) is 4. The van der Waals surface area contributed by atoms with Crippen LogP contribution in [0.25, 0.3) is 123 Å². The van der Waals surface area contributed by atoms with Gasteiger partial charge in [0.1, 0.15) is 11.5 Å². The second-order valence-corrected chi connectivity index (χ2v) is 42.2. The maximum absolute atomic E-state index is 6.73. The lowest BCUT2D eigenvalue weighted by molar-refractivity contribution is 0.107. The van der Waals surface area contributed by atoms with Crippen LogP contribution in [0.15, 0.2) is 432 Å². The molecule has 0 spiro atoms. The predicted octanol–water partition coefficient (Wildman–Crippen LogP) is 35.0. The van der Waals surface area contributed by atoms with Crippen LogP contribution in [0, 0.1) is 0 Å². The standard InChI is InChI=1S/C138H112N4O4/c1-10-89-45-61-104(62-46-89)145-75-73-137(9)122-37-23-17-31-108(122)114-69-57-102(83-128(114)137)139(100-55-67-112-106-29-15-21-35-120(106)134(3,4)126(112)81-100)98-59-71-132-118(79-98)116-33-19-25-39-130(116)141(132)96-51-41-91(42-52-96)85-143-87-93-49-65-110-111-66-50-94(78-125(111)136(7,8)124(110)77-93)88-144-86-92-43-53-97(54-44-92)142-131-40-26-20-34-117(131)119-80-99(60-72-133(119)142)140(101-56-68-113-107-30-16-22-36-121(107)135(5,6)127(113)82-101)103-58-70-115-109-32-18-24-38-123(109)138(129(115)84-103,95-27-13-12-14-28-95)74-76-146-105-63-47-90(11-2)48-64-105/h10-72,77-84H,1-2,73-76,85-88H2,3-9H3. The smallest absolute Gasteiger partial charge is 0.119 e. The van der Waals surface area contributed by atoms with Crippen molar-refractivity contribution in [2.45, 2.75) is 115 Å². The third kappa shape index (κ3) is 14.6. The van der Waals surface area contributed by atoms with Gasteiger partial charge in [-0.2, -0.15) is 0 Å². The van der Waals surface area contributed by atoms with Crippen molar-refractivity contribution in [3.8, 4) is 78.5 Å². The van der Waals surface area contributed by atoms with E-state index in [1.807, 2.05) is 24.3 Å². The second-order valence-electron chi connectivity index (χ2n) is 42.2. The molecule has 0 amide bonds. The van der Waals surface area contributed by atoms with E-state index in [0.29, 0.717) is 39.6 Å². The highest BCUT2D eigenvalue weighted by molar-refractivity contribution is 6.13. The molecule has 0 saturated carbocycles. The zero-order valence-corrected chi connectivity index (χ0v) is 83.5. The number of hydrogen-bond donors (Lipinski definition) is 0. The summed E-state index contributed by atoms with van der Waals surface area (Å²) in [6, 6.07) is 156. The van der Waals surface area contributed by atoms with Crippen LogP contribution in [0.2, 0.25) is 0 Å². The number of rotatable bonds is 27. The summed E-state index contributed by atoms with van der Waals surface area (Å²) in [5, 5.41) is 4.74. The summed E-state index contributed by atoms with van der Waals surface area (Å²) in [7, 11) is 0. The molecule has 0 radical (unpaired) electrons. The molecule has 146 heavy (non-hydrogen) atoms. The van der Waals surface area contributed by atoms with Gasteiger partial charge in [0, 0.05) is 94.1 Å². The van der Waals surface area contributed by atoms with Gasteiger partial charge in [0.2, 0.25) is 0 Å². The number of fused-ring (bicyclic) bond motifs is 21. The van der Waals surface area contributed by atoms with Crippen molar-refractivity contribution < 1.29 is 18.9 Å². The molecular formula is C138H112N4O4. The zero-order valence-electron chi connectivity index (χ0n) is 83.5. The lowest BCUT2D eigenvalue weighted by Gasteiger charge is -2.34. The fourth-order valence-corrected chi connectivity index (χ4v) is 25.4. The van der Waals surface area contributed by atoms with Crippen LogP contribution >= 0.6 is 0 Å². The first kappa shape index (κ1) is 89.5. The Morgan fingerprint density at radius 3 is 1.02 bits per heavy atom. The molecule has 708 valence electrons. The Bertz CT molecular complexity index is 8840. The van der Waals surface area contributed by atoms with Gasteiger partial charge in [0.25, 0.3) is 0 Å². The molecule has 0 bridgehead atoms. The SMILES string of the molecule is C=Cc1ccc(OCCC2(C)c3ccccc3-c3ccc(N(c4ccc5c(c4)C(C)(C)c4ccccc4-5)c4ccc5c(c4)c4ccccc4n5-c4ccc(COCc5ccc6c(c5)C(C)(C)c5cc(COCc7ccc(-n8c9ccccc9c9cc(N(c%10ccc%11c(c%10)C(C)(C)c%10ccccc%10-%11)c%10ccc%11c(c%10)C(CCOc%10ccc(C=C)cc%10)(c%10ccccc%10)c%10ccccc%10-%11)ccc98)cc7)ccc5-6)cc4)cc32)cc1. The molecule has 0 saturated heterocycles. The summed E-state index contributed by atoms with van der Waals surface area (Å²) in [6.45, 7) is 27.6. The van der Waals surface area contributed by atoms with Gasteiger partial charge in [-0.25, -0.2) is 0 Å². The molecule has 0 aliphatic heterocycles. The maximum atomic E-state index is 6.73. The lowest BCUT2D eigenvalue weighted by Crippen LogP contribution is -2.29. The molecule has 2 heterocycles. The maximum Gasteiger partial charge on any atom is 0.119 e. The van der Waals surface area contributed by atoms with Gasteiger partial charge in [-0.1, -0.05) is 347 Å². The average molecular weight is 1890 g/mol. The van der Waals surface area contributed by atoms with Crippen molar-refractivity contribution in [2.75, 3.05) is 23.0 Å². The van der Waals surface area contributed by atoms with Crippen LogP contribution in [-0.4, -0.2) is 22.3 Å². The van der Waals surface area contributed by atoms with Crippen LogP contribution in [-0.2, 0) is 63.0 Å².